The molecule has 11 heteroatoms. The minimum Gasteiger partial charge on any atom is -0.541 e. The number of hydrogen-bond donors (Lipinski definition) is 0. The molecule has 1 radical (unpaired) electrons. The van der Waals surface area contributed by atoms with E-state index in [1.165, 1.54) is 12.1 Å². The average Bonchev–Trinajstić information content (AvgIpc) is 2.56. The molecule has 0 saturated heterocycles. The largest absolute Gasteiger partial charge is 0.541 e. The third-order valence-corrected chi connectivity index (χ3v) is 4.46. The van der Waals surface area contributed by atoms with Crippen LogP contribution in [0.2, 0.25) is 0 Å². The third-order valence-electron chi connectivity index (χ3n) is 2.63. The Morgan fingerprint density at radius 2 is 1.92 bits per heavy atom. The van der Waals surface area contributed by atoms with Gasteiger partial charge in [-0.3, -0.25) is 4.39 Å². The van der Waals surface area contributed by atoms with Crippen molar-refractivity contribution in [3.05, 3.63) is 59.2 Å². The van der Waals surface area contributed by atoms with Crippen LogP contribution in [0.25, 0.3) is 16.0 Å². The van der Waals surface area contributed by atoms with Gasteiger partial charge >= 0.3 is 5.51 Å². The van der Waals surface area contributed by atoms with Gasteiger partial charge in [-0.05, 0) is 18.4 Å². The first-order valence-corrected chi connectivity index (χ1v) is 10.1. The molecule has 4 nitrogen and oxygen atoms in total. The van der Waals surface area contributed by atoms with Gasteiger partial charge in [0, 0.05) is 32.1 Å². The number of sulfonamides is 1. The van der Waals surface area contributed by atoms with Gasteiger partial charge in [0.2, 0.25) is 0 Å². The molecule has 26 heavy (non-hydrogen) atoms. The van der Waals surface area contributed by atoms with Crippen LogP contribution in [0.3, 0.4) is 0 Å². The molecule has 0 fully saturated rings. The van der Waals surface area contributed by atoms with Crippen molar-refractivity contribution in [2.45, 2.75) is 5.51 Å². The number of benzene rings is 1. The summed E-state index contributed by atoms with van der Waals surface area (Å²) in [7, 11) is -4.84. The van der Waals surface area contributed by atoms with E-state index in [4.69, 9.17) is 0 Å². The van der Waals surface area contributed by atoms with E-state index in [0.29, 0.717) is 14.7 Å². The predicted molar refractivity (Wildman–Crippen MR) is 90.8 cm³/mol. The molecule has 1 aromatic carbocycles. The SMILES string of the molecule is CPCC[N-]S(=O)(=O)C(F)(F)F.Fc1c[c-]c(-c2ccccn2)cc1.[Ir]. The van der Waals surface area contributed by atoms with Crippen molar-refractivity contribution >= 4 is 18.6 Å². The van der Waals surface area contributed by atoms with E-state index in [9.17, 15) is 26.0 Å². The van der Waals surface area contributed by atoms with Crippen LogP contribution in [0.5, 0.6) is 0 Å². The summed E-state index contributed by atoms with van der Waals surface area (Å²) in [5.74, 6) is -0.278. The Balaban J connectivity index is 0.000000466. The Bertz CT molecular complexity index is 744. The van der Waals surface area contributed by atoms with Gasteiger partial charge in [-0.2, -0.15) is 13.2 Å². The van der Waals surface area contributed by atoms with Crippen LogP contribution in [0.4, 0.5) is 17.6 Å². The molecular formula is C15H15F4IrN2O2PS-2. The van der Waals surface area contributed by atoms with Crippen molar-refractivity contribution in [3.8, 4) is 11.3 Å². The van der Waals surface area contributed by atoms with E-state index in [1.54, 1.807) is 18.9 Å². The molecule has 0 N–H and O–H groups in total. The average molecular weight is 587 g/mol. The first-order chi connectivity index (χ1) is 11.7. The molecule has 1 aromatic heterocycles. The molecule has 0 bridgehead atoms. The van der Waals surface area contributed by atoms with Gasteiger partial charge in [0.1, 0.15) is 0 Å². The fourth-order valence-corrected chi connectivity index (χ4v) is 2.41. The summed E-state index contributed by atoms with van der Waals surface area (Å²) in [4.78, 5) is 4.12. The van der Waals surface area contributed by atoms with Crippen LogP contribution < -0.4 is 0 Å². The minimum absolute atomic E-state index is 0. The number of hydrogen-bond acceptors (Lipinski definition) is 3. The Morgan fingerprint density at radius 1 is 1.23 bits per heavy atom. The summed E-state index contributed by atoms with van der Waals surface area (Å²) in [5, 5.41) is 0. The van der Waals surface area contributed by atoms with Gasteiger partial charge in [-0.15, -0.1) is 45.0 Å². The van der Waals surface area contributed by atoms with Gasteiger partial charge in [0.25, 0.3) is 0 Å². The van der Waals surface area contributed by atoms with E-state index < -0.39 is 15.5 Å². The Hall–Kier alpha value is -0.921. The smallest absolute Gasteiger partial charge is 0.480 e. The van der Waals surface area contributed by atoms with Gasteiger partial charge < -0.3 is 9.71 Å². The molecule has 2 rings (SSSR count). The Kier molecular flexibility index (Phi) is 11.3. The Morgan fingerprint density at radius 3 is 2.38 bits per heavy atom. The van der Waals surface area contributed by atoms with Crippen LogP contribution in [-0.2, 0) is 30.1 Å². The van der Waals surface area contributed by atoms with E-state index in [1.807, 2.05) is 18.2 Å². The number of nitrogens with zero attached hydrogens (tertiary/aromatic N) is 2. The van der Waals surface area contributed by atoms with Gasteiger partial charge in [0.05, 0.1) is 0 Å². The summed E-state index contributed by atoms with van der Waals surface area (Å²) >= 11 is 0. The van der Waals surface area contributed by atoms with E-state index >= 15 is 0 Å². The fourth-order valence-electron chi connectivity index (χ4n) is 1.44. The maximum atomic E-state index is 12.6. The van der Waals surface area contributed by atoms with Crippen LogP contribution in [-0.4, -0.2) is 38.3 Å². The quantitative estimate of drug-likeness (QED) is 0.229. The zero-order valence-electron chi connectivity index (χ0n) is 13.4. The Labute approximate surface area is 165 Å². The monoisotopic (exact) mass is 587 g/mol. The van der Waals surface area contributed by atoms with Crippen LogP contribution >= 0.6 is 8.58 Å². The molecule has 0 aliphatic carbocycles. The van der Waals surface area contributed by atoms with Crippen molar-refractivity contribution < 1.29 is 46.1 Å². The second-order valence-corrected chi connectivity index (χ2v) is 7.39. The van der Waals surface area contributed by atoms with E-state index in [-0.39, 0.29) is 32.5 Å². The molecule has 0 aliphatic heterocycles. The molecule has 1 unspecified atom stereocenters. The first kappa shape index (κ1) is 25.1. The molecule has 1 atom stereocenters. The molecule has 0 spiro atoms. The van der Waals surface area contributed by atoms with E-state index in [2.05, 4.69) is 15.8 Å². The second kappa shape index (κ2) is 11.7. The summed E-state index contributed by atoms with van der Waals surface area (Å²) in [5.41, 5.74) is -3.63. The maximum absolute atomic E-state index is 12.6. The van der Waals surface area contributed by atoms with Crippen molar-refractivity contribution in [2.75, 3.05) is 19.4 Å². The molecule has 0 aliphatic rings. The summed E-state index contributed by atoms with van der Waals surface area (Å²) < 4.78 is 70.3. The van der Waals surface area contributed by atoms with Gasteiger partial charge in [-0.1, -0.05) is 18.3 Å². The molecule has 0 saturated carbocycles. The topological polar surface area (TPSA) is 61.1 Å². The molecular weight excluding hydrogens is 571 g/mol. The maximum Gasteiger partial charge on any atom is 0.480 e. The summed E-state index contributed by atoms with van der Waals surface area (Å²) in [6.45, 7) is 1.48. The van der Waals surface area contributed by atoms with Crippen molar-refractivity contribution in [1.82, 2.24) is 4.98 Å². The summed E-state index contributed by atoms with van der Waals surface area (Å²) in [6, 6.07) is 12.8. The number of rotatable bonds is 5. The van der Waals surface area contributed by atoms with Gasteiger partial charge in [-0.25, -0.2) is 8.42 Å². The standard InChI is InChI=1S/C11H7FN.C4H8F3NO2PS.Ir/c12-10-6-4-9(5-7-10)11-3-1-2-8-13-11;1-11-3-2-8-12(9,10)4(5,6)7;/h1-4,6-8H;11H,2-3H2,1H3;/q2*-1;. The minimum atomic E-state index is -5.25. The van der Waals surface area contributed by atoms with E-state index in [0.717, 1.165) is 11.3 Å². The van der Waals surface area contributed by atoms with Crippen LogP contribution in [0.1, 0.15) is 0 Å². The van der Waals surface area contributed by atoms with Crippen molar-refractivity contribution in [2.24, 2.45) is 0 Å². The number of halogens is 4. The number of pyridine rings is 1. The molecule has 2 aromatic rings. The summed E-state index contributed by atoms with van der Waals surface area (Å²) in [6.07, 6.45) is 2.07. The zero-order valence-corrected chi connectivity index (χ0v) is 17.6. The number of alkyl halides is 3. The fraction of sp³-hybridized carbons (Fsp3) is 0.267. The first-order valence-electron chi connectivity index (χ1n) is 6.90. The molecule has 1 heterocycles. The van der Waals surface area contributed by atoms with Crippen molar-refractivity contribution in [1.29, 1.82) is 0 Å². The second-order valence-electron chi connectivity index (χ2n) is 4.51. The van der Waals surface area contributed by atoms with Crippen molar-refractivity contribution in [3.63, 3.8) is 0 Å². The zero-order chi connectivity index (χ0) is 18.9. The van der Waals surface area contributed by atoms with Crippen LogP contribution in [0, 0.1) is 11.9 Å². The molecule has 0 amide bonds. The normalized spacial score (nSPS) is 11.6. The third kappa shape index (κ3) is 8.64. The molecule has 147 valence electrons. The predicted octanol–water partition coefficient (Wildman–Crippen LogP) is 4.20. The van der Waals surface area contributed by atoms with Gasteiger partial charge in [0.15, 0.2) is 10.0 Å². The number of aromatic nitrogens is 1. The van der Waals surface area contributed by atoms with Crippen LogP contribution in [0.15, 0.2) is 42.6 Å².